The SMILES string of the molecule is Nc1c(S(=O)(=O)O)ccc2ccc(S(=O)(=O)O)cc12. The highest BCUT2D eigenvalue weighted by atomic mass is 32.2. The van der Waals surface area contributed by atoms with Crippen molar-refractivity contribution in [1.29, 1.82) is 0 Å². The lowest BCUT2D eigenvalue weighted by Gasteiger charge is -2.07. The first-order valence-corrected chi connectivity index (χ1v) is 7.76. The summed E-state index contributed by atoms with van der Waals surface area (Å²) in [5.74, 6) is 0. The third-order valence-electron chi connectivity index (χ3n) is 2.57. The zero-order valence-corrected chi connectivity index (χ0v) is 10.9. The van der Waals surface area contributed by atoms with Crippen molar-refractivity contribution in [3.8, 4) is 0 Å². The van der Waals surface area contributed by atoms with Crippen molar-refractivity contribution in [2.45, 2.75) is 9.79 Å². The average Bonchev–Trinajstić information content (AvgIpc) is 2.26. The molecule has 0 amide bonds. The summed E-state index contributed by atoms with van der Waals surface area (Å²) in [6, 6.07) is 6.03. The van der Waals surface area contributed by atoms with E-state index in [-0.39, 0.29) is 11.1 Å². The minimum atomic E-state index is -4.51. The van der Waals surface area contributed by atoms with Gasteiger partial charge in [-0.05, 0) is 23.6 Å². The van der Waals surface area contributed by atoms with Gasteiger partial charge in [-0.3, -0.25) is 9.11 Å². The molecule has 0 bridgehead atoms. The molecule has 0 saturated carbocycles. The molecule has 102 valence electrons. The van der Waals surface area contributed by atoms with Gasteiger partial charge in [0.1, 0.15) is 4.90 Å². The van der Waals surface area contributed by atoms with Gasteiger partial charge < -0.3 is 5.73 Å². The molecule has 0 aliphatic rings. The average molecular weight is 303 g/mol. The van der Waals surface area contributed by atoms with Gasteiger partial charge in [-0.15, -0.1) is 0 Å². The van der Waals surface area contributed by atoms with E-state index < -0.39 is 30.0 Å². The van der Waals surface area contributed by atoms with Crippen LogP contribution in [0, 0.1) is 0 Å². The number of rotatable bonds is 2. The van der Waals surface area contributed by atoms with Crippen LogP contribution < -0.4 is 5.73 Å². The first-order valence-electron chi connectivity index (χ1n) is 4.88. The molecule has 0 heterocycles. The number of nitrogens with two attached hydrogens (primary N) is 1. The second kappa shape index (κ2) is 4.17. The van der Waals surface area contributed by atoms with Crippen LogP contribution in [0.3, 0.4) is 0 Å². The Kier molecular flexibility index (Phi) is 3.01. The van der Waals surface area contributed by atoms with Crippen LogP contribution in [-0.2, 0) is 20.2 Å². The minimum absolute atomic E-state index is 0.102. The first-order chi connectivity index (χ1) is 8.60. The fourth-order valence-electron chi connectivity index (χ4n) is 1.69. The molecule has 7 nitrogen and oxygen atoms in total. The topological polar surface area (TPSA) is 135 Å². The number of hydrogen-bond acceptors (Lipinski definition) is 5. The van der Waals surface area contributed by atoms with Gasteiger partial charge in [-0.2, -0.15) is 16.8 Å². The lowest BCUT2D eigenvalue weighted by molar-refractivity contribution is 0.481. The van der Waals surface area contributed by atoms with Crippen molar-refractivity contribution in [2.75, 3.05) is 5.73 Å². The van der Waals surface area contributed by atoms with Crippen LogP contribution in [0.25, 0.3) is 10.8 Å². The first kappa shape index (κ1) is 13.7. The van der Waals surface area contributed by atoms with E-state index in [0.717, 1.165) is 18.2 Å². The van der Waals surface area contributed by atoms with Gasteiger partial charge in [0.05, 0.1) is 10.6 Å². The Balaban J connectivity index is 2.88. The highest BCUT2D eigenvalue weighted by Gasteiger charge is 2.17. The Bertz CT molecular complexity index is 865. The van der Waals surface area contributed by atoms with Crippen molar-refractivity contribution in [2.24, 2.45) is 0 Å². The summed E-state index contributed by atoms with van der Waals surface area (Å²) >= 11 is 0. The quantitative estimate of drug-likeness (QED) is 0.554. The van der Waals surface area contributed by atoms with Crippen molar-refractivity contribution in [3.63, 3.8) is 0 Å². The molecule has 2 aromatic rings. The number of hydrogen-bond donors (Lipinski definition) is 3. The van der Waals surface area contributed by atoms with E-state index in [0.29, 0.717) is 5.39 Å². The minimum Gasteiger partial charge on any atom is -0.397 e. The molecule has 9 heteroatoms. The molecule has 0 aliphatic carbocycles. The van der Waals surface area contributed by atoms with Crippen LogP contribution in [0.1, 0.15) is 0 Å². The Morgan fingerprint density at radius 2 is 1.47 bits per heavy atom. The Hall–Kier alpha value is -1.68. The van der Waals surface area contributed by atoms with E-state index in [9.17, 15) is 16.8 Å². The van der Waals surface area contributed by atoms with Gasteiger partial charge >= 0.3 is 0 Å². The van der Waals surface area contributed by atoms with Gasteiger partial charge in [-0.1, -0.05) is 12.1 Å². The van der Waals surface area contributed by atoms with E-state index in [4.69, 9.17) is 14.8 Å². The fourth-order valence-corrected chi connectivity index (χ4v) is 2.82. The highest BCUT2D eigenvalue weighted by Crippen LogP contribution is 2.29. The summed E-state index contributed by atoms with van der Waals surface area (Å²) in [4.78, 5) is -0.938. The summed E-state index contributed by atoms with van der Waals surface area (Å²) in [7, 11) is -8.94. The summed E-state index contributed by atoms with van der Waals surface area (Å²) in [6.45, 7) is 0. The van der Waals surface area contributed by atoms with Crippen molar-refractivity contribution in [1.82, 2.24) is 0 Å². The summed E-state index contributed by atoms with van der Waals surface area (Å²) in [6.07, 6.45) is 0. The molecule has 0 saturated heterocycles. The molecule has 0 atom stereocenters. The van der Waals surface area contributed by atoms with Gasteiger partial charge in [0.2, 0.25) is 0 Å². The van der Waals surface area contributed by atoms with E-state index in [2.05, 4.69) is 0 Å². The summed E-state index contributed by atoms with van der Waals surface area (Å²) in [5, 5.41) is 0.572. The maximum absolute atomic E-state index is 11.1. The summed E-state index contributed by atoms with van der Waals surface area (Å²) < 4.78 is 62.1. The number of nitrogen functional groups attached to an aromatic ring is 1. The third-order valence-corrected chi connectivity index (χ3v) is 4.33. The van der Waals surface area contributed by atoms with Crippen LogP contribution in [0.4, 0.5) is 5.69 Å². The Morgan fingerprint density at radius 1 is 0.895 bits per heavy atom. The number of fused-ring (bicyclic) bond motifs is 1. The Labute approximate surface area is 109 Å². The monoisotopic (exact) mass is 303 g/mol. The molecule has 19 heavy (non-hydrogen) atoms. The zero-order valence-electron chi connectivity index (χ0n) is 9.31. The van der Waals surface area contributed by atoms with E-state index in [1.807, 2.05) is 0 Å². The van der Waals surface area contributed by atoms with Gasteiger partial charge in [0.25, 0.3) is 20.2 Å². The third kappa shape index (κ3) is 2.54. The largest absolute Gasteiger partial charge is 0.397 e. The second-order valence-electron chi connectivity index (χ2n) is 3.81. The van der Waals surface area contributed by atoms with Gasteiger partial charge in [0.15, 0.2) is 0 Å². The van der Waals surface area contributed by atoms with Crippen molar-refractivity contribution < 1.29 is 25.9 Å². The van der Waals surface area contributed by atoms with Crippen molar-refractivity contribution in [3.05, 3.63) is 30.3 Å². The molecular weight excluding hydrogens is 294 g/mol. The lowest BCUT2D eigenvalue weighted by atomic mass is 10.1. The zero-order chi connectivity index (χ0) is 14.4. The van der Waals surface area contributed by atoms with Crippen LogP contribution in [-0.4, -0.2) is 25.9 Å². The van der Waals surface area contributed by atoms with E-state index in [1.54, 1.807) is 0 Å². The van der Waals surface area contributed by atoms with E-state index >= 15 is 0 Å². The normalized spacial score (nSPS) is 12.7. The molecule has 0 unspecified atom stereocenters. The molecule has 0 aromatic heterocycles. The molecule has 0 fully saturated rings. The molecule has 0 aliphatic heterocycles. The summed E-state index contributed by atoms with van der Waals surface area (Å²) in [5.41, 5.74) is 5.32. The predicted molar refractivity (Wildman–Crippen MR) is 68.0 cm³/mol. The maximum atomic E-state index is 11.1. The van der Waals surface area contributed by atoms with E-state index in [1.165, 1.54) is 12.1 Å². The molecular formula is C10H9NO6S2. The molecule has 2 rings (SSSR count). The molecule has 4 N–H and O–H groups in total. The van der Waals surface area contributed by atoms with Crippen LogP contribution in [0.2, 0.25) is 0 Å². The van der Waals surface area contributed by atoms with Crippen molar-refractivity contribution >= 4 is 36.7 Å². The number of benzene rings is 2. The molecule has 2 aromatic carbocycles. The lowest BCUT2D eigenvalue weighted by Crippen LogP contribution is -2.04. The smallest absolute Gasteiger partial charge is 0.296 e. The predicted octanol–water partition coefficient (Wildman–Crippen LogP) is 0.915. The standard InChI is InChI=1S/C10H9NO6S2/c11-10-8-5-7(18(12,13)14)3-1-6(8)2-4-9(10)19(15,16)17/h1-5H,11H2,(H,12,13,14)(H,15,16,17). The van der Waals surface area contributed by atoms with Crippen LogP contribution >= 0.6 is 0 Å². The highest BCUT2D eigenvalue weighted by molar-refractivity contribution is 7.86. The van der Waals surface area contributed by atoms with Crippen LogP contribution in [0.15, 0.2) is 40.1 Å². The molecule has 0 radical (unpaired) electrons. The second-order valence-corrected chi connectivity index (χ2v) is 6.62. The molecule has 0 spiro atoms. The van der Waals surface area contributed by atoms with Gasteiger partial charge in [-0.25, -0.2) is 0 Å². The number of anilines is 1. The Morgan fingerprint density at radius 3 is 2.00 bits per heavy atom. The van der Waals surface area contributed by atoms with Gasteiger partial charge in [0, 0.05) is 5.39 Å². The maximum Gasteiger partial charge on any atom is 0.296 e. The fraction of sp³-hybridized carbons (Fsp3) is 0. The van der Waals surface area contributed by atoms with Crippen LogP contribution in [0.5, 0.6) is 0 Å².